The van der Waals surface area contributed by atoms with Crippen molar-refractivity contribution in [2.75, 3.05) is 7.05 Å². The molecule has 0 aromatic heterocycles. The van der Waals surface area contributed by atoms with E-state index in [9.17, 15) is 14.4 Å². The van der Waals surface area contributed by atoms with Crippen LogP contribution in [0, 0.1) is 0 Å². The van der Waals surface area contributed by atoms with Gasteiger partial charge >= 0.3 is 6.03 Å². The molecule has 2 aliphatic rings. The molecule has 0 spiro atoms. The Morgan fingerprint density at radius 3 is 2.44 bits per heavy atom. The summed E-state index contributed by atoms with van der Waals surface area (Å²) in [5.74, 6) is -0.410. The van der Waals surface area contributed by atoms with Crippen molar-refractivity contribution < 1.29 is 14.4 Å². The SMILES string of the molecule is CC1NC(=O)C(C)N2C(=O)C(Cc3ccccc3)N(C)N(C(N)=O)C12. The molecule has 3 rings (SSSR count). The molecular formula is C17H23N5O3. The Morgan fingerprint density at radius 2 is 1.84 bits per heavy atom. The van der Waals surface area contributed by atoms with Crippen molar-refractivity contribution in [3.63, 3.8) is 0 Å². The fraction of sp³-hybridized carbons (Fsp3) is 0.471. The molecule has 0 radical (unpaired) electrons. The van der Waals surface area contributed by atoms with E-state index in [1.165, 1.54) is 9.91 Å². The van der Waals surface area contributed by atoms with Crippen LogP contribution in [0.2, 0.25) is 0 Å². The number of nitrogens with one attached hydrogen (secondary N) is 1. The summed E-state index contributed by atoms with van der Waals surface area (Å²) in [5.41, 5.74) is 6.57. The van der Waals surface area contributed by atoms with Crippen LogP contribution in [0.3, 0.4) is 0 Å². The first kappa shape index (κ1) is 17.2. The predicted molar refractivity (Wildman–Crippen MR) is 90.8 cm³/mol. The molecule has 1 aromatic rings. The monoisotopic (exact) mass is 345 g/mol. The molecule has 0 aliphatic carbocycles. The van der Waals surface area contributed by atoms with Crippen LogP contribution in [0.4, 0.5) is 4.79 Å². The lowest BCUT2D eigenvalue weighted by Crippen LogP contribution is -2.79. The third kappa shape index (κ3) is 2.82. The van der Waals surface area contributed by atoms with Gasteiger partial charge in [0.1, 0.15) is 18.2 Å². The smallest absolute Gasteiger partial charge is 0.331 e. The molecule has 134 valence electrons. The van der Waals surface area contributed by atoms with E-state index in [0.717, 1.165) is 5.56 Å². The molecule has 4 unspecified atom stereocenters. The molecule has 2 aliphatic heterocycles. The molecule has 3 N–H and O–H groups in total. The minimum Gasteiger partial charge on any atom is -0.350 e. The largest absolute Gasteiger partial charge is 0.350 e. The van der Waals surface area contributed by atoms with Gasteiger partial charge in [-0.15, -0.1) is 0 Å². The number of hydrogen-bond donors (Lipinski definition) is 2. The van der Waals surface area contributed by atoms with E-state index < -0.39 is 30.3 Å². The minimum absolute atomic E-state index is 0.178. The zero-order valence-electron chi connectivity index (χ0n) is 14.5. The van der Waals surface area contributed by atoms with Crippen molar-refractivity contribution in [2.45, 2.75) is 44.6 Å². The molecule has 4 atom stereocenters. The molecule has 0 bridgehead atoms. The Morgan fingerprint density at radius 1 is 1.20 bits per heavy atom. The summed E-state index contributed by atoms with van der Waals surface area (Å²) in [6.45, 7) is 3.42. The first-order valence-corrected chi connectivity index (χ1v) is 8.30. The van der Waals surface area contributed by atoms with Gasteiger partial charge < -0.3 is 16.0 Å². The van der Waals surface area contributed by atoms with Crippen LogP contribution >= 0.6 is 0 Å². The van der Waals surface area contributed by atoms with E-state index in [1.54, 1.807) is 25.9 Å². The minimum atomic E-state index is -0.664. The van der Waals surface area contributed by atoms with Crippen molar-refractivity contribution in [3.05, 3.63) is 35.9 Å². The summed E-state index contributed by atoms with van der Waals surface area (Å²) < 4.78 is 0. The van der Waals surface area contributed by atoms with Crippen LogP contribution in [0.5, 0.6) is 0 Å². The summed E-state index contributed by atoms with van der Waals surface area (Å²) in [4.78, 5) is 38.9. The van der Waals surface area contributed by atoms with Crippen molar-refractivity contribution in [1.82, 2.24) is 20.2 Å². The van der Waals surface area contributed by atoms with E-state index in [1.807, 2.05) is 30.3 Å². The van der Waals surface area contributed by atoms with Crippen molar-refractivity contribution in [1.29, 1.82) is 0 Å². The van der Waals surface area contributed by atoms with Crippen LogP contribution in [0.25, 0.3) is 0 Å². The van der Waals surface area contributed by atoms with Gasteiger partial charge in [0, 0.05) is 7.05 Å². The Labute approximate surface area is 146 Å². The van der Waals surface area contributed by atoms with Gasteiger partial charge in [-0.25, -0.2) is 14.8 Å². The number of carbonyl (C=O) groups excluding carboxylic acids is 3. The van der Waals surface area contributed by atoms with E-state index in [2.05, 4.69) is 5.32 Å². The van der Waals surface area contributed by atoms with Gasteiger partial charge in [-0.2, -0.15) is 0 Å². The average molecular weight is 345 g/mol. The molecule has 2 heterocycles. The highest BCUT2D eigenvalue weighted by atomic mass is 16.2. The fourth-order valence-electron chi connectivity index (χ4n) is 3.68. The fourth-order valence-corrected chi connectivity index (χ4v) is 3.68. The summed E-state index contributed by atoms with van der Waals surface area (Å²) >= 11 is 0. The maximum Gasteiger partial charge on any atom is 0.331 e. The number of likely N-dealkylation sites (N-methyl/N-ethyl adjacent to an activating group) is 1. The summed E-state index contributed by atoms with van der Waals surface area (Å²) in [6, 6.07) is 7.22. The molecule has 4 amide bonds. The standard InChI is InChI=1S/C17H23N5O3/c1-10-15-21(11(2)14(23)19-10)16(24)13(20(3)22(15)17(18)25)9-12-7-5-4-6-8-12/h4-8,10-11,13,15H,9H2,1-3H3,(H2,18,25)(H,19,23). The number of primary amides is 1. The number of nitrogens with two attached hydrogens (primary N) is 1. The summed E-state index contributed by atoms with van der Waals surface area (Å²) in [7, 11) is 1.68. The van der Waals surface area contributed by atoms with Gasteiger partial charge in [0.15, 0.2) is 0 Å². The van der Waals surface area contributed by atoms with Gasteiger partial charge in [0.25, 0.3) is 0 Å². The first-order valence-electron chi connectivity index (χ1n) is 8.30. The molecular weight excluding hydrogens is 322 g/mol. The van der Waals surface area contributed by atoms with E-state index in [-0.39, 0.29) is 11.8 Å². The maximum atomic E-state index is 13.2. The van der Waals surface area contributed by atoms with Crippen LogP contribution in [0.15, 0.2) is 30.3 Å². The number of carbonyl (C=O) groups is 3. The number of fused-ring (bicyclic) bond motifs is 1. The average Bonchev–Trinajstić information content (AvgIpc) is 2.56. The molecule has 2 fully saturated rings. The number of hydrazine groups is 1. The van der Waals surface area contributed by atoms with Gasteiger partial charge in [0.05, 0.1) is 6.04 Å². The van der Waals surface area contributed by atoms with E-state index >= 15 is 0 Å². The predicted octanol–water partition coefficient (Wildman–Crippen LogP) is -0.0997. The summed E-state index contributed by atoms with van der Waals surface area (Å²) in [5, 5.41) is 5.78. The Kier molecular flexibility index (Phi) is 4.38. The normalized spacial score (nSPS) is 30.0. The zero-order chi connectivity index (χ0) is 18.3. The van der Waals surface area contributed by atoms with E-state index in [0.29, 0.717) is 6.42 Å². The molecule has 25 heavy (non-hydrogen) atoms. The second-order valence-corrected chi connectivity index (χ2v) is 6.59. The number of amides is 4. The summed E-state index contributed by atoms with van der Waals surface area (Å²) in [6.07, 6.45) is -0.207. The van der Waals surface area contributed by atoms with Crippen LogP contribution < -0.4 is 11.1 Å². The Balaban J connectivity index is 1.99. The molecule has 0 saturated carbocycles. The highest BCUT2D eigenvalue weighted by molar-refractivity contribution is 5.93. The lowest BCUT2D eigenvalue weighted by Gasteiger charge is -2.56. The third-order valence-corrected chi connectivity index (χ3v) is 4.98. The number of rotatable bonds is 2. The lowest BCUT2D eigenvalue weighted by molar-refractivity contribution is -0.192. The highest BCUT2D eigenvalue weighted by Crippen LogP contribution is 2.29. The Hall–Kier alpha value is -2.61. The first-order chi connectivity index (χ1) is 11.8. The third-order valence-electron chi connectivity index (χ3n) is 4.98. The highest BCUT2D eigenvalue weighted by Gasteiger charge is 2.53. The van der Waals surface area contributed by atoms with Crippen LogP contribution in [0.1, 0.15) is 19.4 Å². The van der Waals surface area contributed by atoms with Gasteiger partial charge in [-0.3, -0.25) is 9.59 Å². The number of nitrogens with zero attached hydrogens (tertiary/aromatic N) is 3. The molecule has 8 heteroatoms. The second kappa shape index (κ2) is 6.36. The molecule has 1 aromatic carbocycles. The molecule has 2 saturated heterocycles. The van der Waals surface area contributed by atoms with Crippen molar-refractivity contribution >= 4 is 17.8 Å². The van der Waals surface area contributed by atoms with Gasteiger partial charge in [-0.05, 0) is 25.8 Å². The number of urea groups is 1. The van der Waals surface area contributed by atoms with Gasteiger partial charge in [0.2, 0.25) is 11.8 Å². The second-order valence-electron chi connectivity index (χ2n) is 6.59. The lowest BCUT2D eigenvalue weighted by atomic mass is 9.98. The maximum absolute atomic E-state index is 13.2. The van der Waals surface area contributed by atoms with E-state index in [4.69, 9.17) is 5.73 Å². The number of piperazine rings is 1. The van der Waals surface area contributed by atoms with Gasteiger partial charge in [-0.1, -0.05) is 30.3 Å². The zero-order valence-corrected chi connectivity index (χ0v) is 14.5. The van der Waals surface area contributed by atoms with Crippen LogP contribution in [-0.2, 0) is 16.0 Å². The molecule has 8 nitrogen and oxygen atoms in total. The Bertz CT molecular complexity index is 695. The quantitative estimate of drug-likeness (QED) is 0.782. The topological polar surface area (TPSA) is 99.0 Å². The van der Waals surface area contributed by atoms with Crippen LogP contribution in [-0.4, -0.2) is 64.1 Å². The van der Waals surface area contributed by atoms with Crippen molar-refractivity contribution in [3.8, 4) is 0 Å². The number of benzene rings is 1. The van der Waals surface area contributed by atoms with Crippen molar-refractivity contribution in [2.24, 2.45) is 5.73 Å². The number of hydrogen-bond acceptors (Lipinski definition) is 4.